The molecule has 150 valence electrons. The molecule has 0 heterocycles. The second-order valence-electron chi connectivity index (χ2n) is 9.81. The summed E-state index contributed by atoms with van der Waals surface area (Å²) in [6, 6.07) is 7.63. The Bertz CT molecular complexity index is 525. The van der Waals surface area contributed by atoms with E-state index in [1.165, 1.54) is 0 Å². The highest BCUT2D eigenvalue weighted by Crippen LogP contribution is 2.37. The zero-order valence-electron chi connectivity index (χ0n) is 18.4. The lowest BCUT2D eigenvalue weighted by molar-refractivity contribution is 0.0998. The fourth-order valence-corrected chi connectivity index (χ4v) is 3.15. The molecule has 6 heteroatoms. The van der Waals surface area contributed by atoms with Gasteiger partial charge in [-0.25, -0.2) is 0 Å². The van der Waals surface area contributed by atoms with Gasteiger partial charge < -0.3 is 18.3 Å². The predicted molar refractivity (Wildman–Crippen MR) is 114 cm³/mol. The van der Waals surface area contributed by atoms with E-state index in [1.54, 1.807) is 0 Å². The molecule has 0 aromatic heterocycles. The summed E-state index contributed by atoms with van der Waals surface area (Å²) >= 11 is 0. The number of ether oxygens (including phenoxy) is 2. The Morgan fingerprint density at radius 1 is 0.692 bits per heavy atom. The van der Waals surface area contributed by atoms with Crippen LogP contribution in [0, 0.1) is 0 Å². The third kappa shape index (κ3) is 6.72. The van der Waals surface area contributed by atoms with Crippen molar-refractivity contribution in [3.8, 4) is 11.5 Å². The smallest absolute Gasteiger partial charge is 0.196 e. The van der Waals surface area contributed by atoms with Crippen LogP contribution < -0.4 is 9.47 Å². The van der Waals surface area contributed by atoms with Crippen molar-refractivity contribution in [3.63, 3.8) is 0 Å². The summed E-state index contributed by atoms with van der Waals surface area (Å²) < 4.78 is 23.7. The fourth-order valence-electron chi connectivity index (χ4n) is 1.58. The fraction of sp³-hybridized carbons (Fsp3) is 0.700. The topological polar surface area (TPSA) is 36.9 Å². The minimum atomic E-state index is -1.80. The molecule has 0 saturated carbocycles. The second-order valence-corrected chi connectivity index (χ2v) is 19.4. The lowest BCUT2D eigenvalue weighted by atomic mass is 10.2. The number of hydrogen-bond donors (Lipinski definition) is 0. The highest BCUT2D eigenvalue weighted by Gasteiger charge is 2.38. The third-order valence-electron chi connectivity index (χ3n) is 5.71. The minimum absolute atomic E-state index is 0.169. The van der Waals surface area contributed by atoms with Gasteiger partial charge in [-0.05, 0) is 48.4 Å². The highest BCUT2D eigenvalue weighted by atomic mass is 28.4. The van der Waals surface area contributed by atoms with Crippen LogP contribution in [-0.2, 0) is 8.85 Å². The van der Waals surface area contributed by atoms with E-state index in [-0.39, 0.29) is 23.7 Å². The first kappa shape index (κ1) is 23.2. The number of benzene rings is 1. The number of rotatable bonds is 8. The molecule has 0 amide bonds. The average Bonchev–Trinajstić information content (AvgIpc) is 2.45. The summed E-state index contributed by atoms with van der Waals surface area (Å²) in [4.78, 5) is 0. The first-order valence-electron chi connectivity index (χ1n) is 9.29. The van der Waals surface area contributed by atoms with Crippen molar-refractivity contribution in [2.45, 2.75) is 77.8 Å². The summed E-state index contributed by atoms with van der Waals surface area (Å²) in [7, 11) is -3.61. The molecular formula is C20H38O4Si2. The van der Waals surface area contributed by atoms with Crippen molar-refractivity contribution < 1.29 is 18.3 Å². The molecule has 0 spiro atoms. The van der Waals surface area contributed by atoms with Gasteiger partial charge in [-0.1, -0.05) is 47.6 Å². The summed E-state index contributed by atoms with van der Waals surface area (Å²) in [5.74, 6) is 1.49. The minimum Gasteiger partial charge on any atom is -0.468 e. The number of hydrogen-bond acceptors (Lipinski definition) is 4. The van der Waals surface area contributed by atoms with Crippen molar-refractivity contribution in [1.82, 2.24) is 0 Å². The SMILES string of the molecule is CC(C)(C)[Si](C)(C)OCOc1cccc(OCO[Si](C)(C)C(C)(C)C)c1. The Hall–Kier alpha value is -0.826. The van der Waals surface area contributed by atoms with Crippen molar-refractivity contribution >= 4 is 16.6 Å². The van der Waals surface area contributed by atoms with Crippen LogP contribution in [0.25, 0.3) is 0 Å². The van der Waals surface area contributed by atoms with Gasteiger partial charge in [0.05, 0.1) is 0 Å². The molecule has 1 aromatic rings. The van der Waals surface area contributed by atoms with Crippen molar-refractivity contribution in [1.29, 1.82) is 0 Å². The summed E-state index contributed by atoms with van der Waals surface area (Å²) in [5.41, 5.74) is 0. The van der Waals surface area contributed by atoms with Gasteiger partial charge in [-0.2, -0.15) is 0 Å². The standard InChI is InChI=1S/C20H38O4Si2/c1-19(2,3)25(7,8)23-15-21-17-12-11-13-18(14-17)22-16-24-26(9,10)20(4,5)6/h11-14H,15-16H2,1-10H3. The Morgan fingerprint density at radius 2 is 1.04 bits per heavy atom. The molecule has 0 bridgehead atoms. The monoisotopic (exact) mass is 398 g/mol. The van der Waals surface area contributed by atoms with E-state index in [2.05, 4.69) is 67.7 Å². The van der Waals surface area contributed by atoms with Crippen molar-refractivity contribution in [2.75, 3.05) is 13.6 Å². The van der Waals surface area contributed by atoms with Crippen molar-refractivity contribution in [3.05, 3.63) is 24.3 Å². The van der Waals surface area contributed by atoms with Gasteiger partial charge in [-0.15, -0.1) is 0 Å². The lowest BCUT2D eigenvalue weighted by Crippen LogP contribution is -2.41. The molecule has 26 heavy (non-hydrogen) atoms. The zero-order valence-corrected chi connectivity index (χ0v) is 20.4. The molecule has 0 atom stereocenters. The van der Waals surface area contributed by atoms with Gasteiger partial charge in [0, 0.05) is 6.07 Å². The Morgan fingerprint density at radius 3 is 1.35 bits per heavy atom. The van der Waals surface area contributed by atoms with Crippen molar-refractivity contribution in [2.24, 2.45) is 0 Å². The van der Waals surface area contributed by atoms with Gasteiger partial charge in [0.15, 0.2) is 30.2 Å². The van der Waals surface area contributed by atoms with Gasteiger partial charge in [0.1, 0.15) is 11.5 Å². The molecule has 0 aliphatic carbocycles. The van der Waals surface area contributed by atoms with E-state index in [1.807, 2.05) is 24.3 Å². The Balaban J connectivity index is 2.54. The van der Waals surface area contributed by atoms with Crippen LogP contribution in [-0.4, -0.2) is 30.2 Å². The maximum Gasteiger partial charge on any atom is 0.196 e. The van der Waals surface area contributed by atoms with Crippen LogP contribution in [0.4, 0.5) is 0 Å². The third-order valence-corrected chi connectivity index (χ3v) is 14.6. The summed E-state index contributed by atoms with van der Waals surface area (Å²) in [6.07, 6.45) is 0. The molecule has 0 unspecified atom stereocenters. The lowest BCUT2D eigenvalue weighted by Gasteiger charge is -2.36. The van der Waals surface area contributed by atoms with Crippen LogP contribution >= 0.6 is 0 Å². The van der Waals surface area contributed by atoms with Crippen LogP contribution in [0.2, 0.25) is 36.3 Å². The second kappa shape index (κ2) is 8.46. The maximum atomic E-state index is 6.06. The first-order valence-corrected chi connectivity index (χ1v) is 15.1. The molecule has 0 fully saturated rings. The largest absolute Gasteiger partial charge is 0.468 e. The molecule has 4 nitrogen and oxygen atoms in total. The molecular weight excluding hydrogens is 360 g/mol. The molecule has 0 N–H and O–H groups in total. The first-order chi connectivity index (χ1) is 11.7. The summed E-state index contributed by atoms with van der Waals surface area (Å²) in [5, 5.41) is 0.338. The van der Waals surface area contributed by atoms with Crippen LogP contribution in [0.5, 0.6) is 11.5 Å². The van der Waals surface area contributed by atoms with Crippen LogP contribution in [0.1, 0.15) is 41.5 Å². The van der Waals surface area contributed by atoms with Gasteiger partial charge in [0.2, 0.25) is 0 Å². The van der Waals surface area contributed by atoms with Gasteiger partial charge >= 0.3 is 0 Å². The quantitative estimate of drug-likeness (QED) is 0.375. The normalized spacial score (nSPS) is 13.6. The maximum absolute atomic E-state index is 6.06. The highest BCUT2D eigenvalue weighted by molar-refractivity contribution is 6.74. The van der Waals surface area contributed by atoms with Crippen LogP contribution in [0.3, 0.4) is 0 Å². The van der Waals surface area contributed by atoms with E-state index >= 15 is 0 Å². The zero-order chi connectivity index (χ0) is 20.2. The van der Waals surface area contributed by atoms with Gasteiger partial charge in [-0.3, -0.25) is 0 Å². The molecule has 0 saturated heterocycles. The molecule has 0 radical (unpaired) electrons. The van der Waals surface area contributed by atoms with E-state index in [9.17, 15) is 0 Å². The average molecular weight is 399 g/mol. The molecule has 0 aliphatic heterocycles. The molecule has 1 aromatic carbocycles. The predicted octanol–water partition coefficient (Wildman–Crippen LogP) is 6.40. The van der Waals surface area contributed by atoms with E-state index in [0.29, 0.717) is 0 Å². The summed E-state index contributed by atoms with van der Waals surface area (Å²) in [6.45, 7) is 22.7. The Kier molecular flexibility index (Phi) is 7.55. The van der Waals surface area contributed by atoms with E-state index < -0.39 is 16.6 Å². The van der Waals surface area contributed by atoms with Crippen LogP contribution in [0.15, 0.2) is 24.3 Å². The van der Waals surface area contributed by atoms with Gasteiger partial charge in [0.25, 0.3) is 0 Å². The molecule has 1 rings (SSSR count). The van der Waals surface area contributed by atoms with E-state index in [0.717, 1.165) is 11.5 Å². The molecule has 0 aliphatic rings. The van der Waals surface area contributed by atoms with E-state index in [4.69, 9.17) is 18.3 Å². The Labute approximate surface area is 162 Å².